The maximum absolute atomic E-state index is 4.37. The van der Waals surface area contributed by atoms with Gasteiger partial charge in [0.15, 0.2) is 0 Å². The molecule has 2 aromatic heterocycles. The molecule has 0 aromatic carbocycles. The maximum Gasteiger partial charge on any atom is 1.00 e. The van der Waals surface area contributed by atoms with Gasteiger partial charge in [-0.15, -0.1) is 6.54 Å². The molecule has 0 aliphatic carbocycles. The molecule has 0 aliphatic rings. The standard InChI is InChI=1S/C10H12N3.K/c1-2-11-8-9-7-10-5-3-4-6-13(10)12-9;/h3-7H,2,8H2,1H3;/q-1;+1. The minimum absolute atomic E-state index is 0. The Morgan fingerprint density at radius 3 is 3.00 bits per heavy atom. The fourth-order valence-electron chi connectivity index (χ4n) is 1.29. The Morgan fingerprint density at radius 1 is 1.43 bits per heavy atom. The summed E-state index contributed by atoms with van der Waals surface area (Å²) in [6.45, 7) is 3.61. The Labute approximate surface area is 126 Å². The van der Waals surface area contributed by atoms with Crippen LogP contribution in [0.25, 0.3) is 10.8 Å². The molecular weight excluding hydrogens is 201 g/mol. The molecule has 0 bridgehead atoms. The van der Waals surface area contributed by atoms with Crippen molar-refractivity contribution in [2.75, 3.05) is 6.54 Å². The summed E-state index contributed by atoms with van der Waals surface area (Å²) in [5.41, 5.74) is 2.16. The summed E-state index contributed by atoms with van der Waals surface area (Å²) in [5, 5.41) is 8.63. The molecule has 0 fully saturated rings. The minimum atomic E-state index is 0. The van der Waals surface area contributed by atoms with Crippen LogP contribution in [0, 0.1) is 0 Å². The van der Waals surface area contributed by atoms with Gasteiger partial charge < -0.3 is 5.32 Å². The molecule has 0 spiro atoms. The van der Waals surface area contributed by atoms with Crippen molar-refractivity contribution in [1.82, 2.24) is 9.61 Å². The van der Waals surface area contributed by atoms with E-state index < -0.39 is 0 Å². The zero-order chi connectivity index (χ0) is 9.10. The van der Waals surface area contributed by atoms with Gasteiger partial charge in [0.1, 0.15) is 0 Å². The van der Waals surface area contributed by atoms with Crippen molar-refractivity contribution in [3.63, 3.8) is 0 Å². The largest absolute Gasteiger partial charge is 1.00 e. The van der Waals surface area contributed by atoms with Crippen LogP contribution in [0.15, 0.2) is 30.5 Å². The average Bonchev–Trinajstić information content (AvgIpc) is 2.57. The first-order chi connectivity index (χ1) is 6.40. The molecule has 0 amide bonds. The van der Waals surface area contributed by atoms with E-state index in [0.29, 0.717) is 0 Å². The third-order valence-corrected chi connectivity index (χ3v) is 1.92. The first-order valence-electron chi connectivity index (χ1n) is 4.46. The van der Waals surface area contributed by atoms with E-state index in [2.05, 4.69) is 16.5 Å². The Kier molecular flexibility index (Phi) is 5.29. The SMILES string of the molecule is CC[N-]Cc1cc2ccccn2n1.[K+]. The van der Waals surface area contributed by atoms with E-state index in [-0.39, 0.29) is 51.4 Å². The monoisotopic (exact) mass is 213 g/mol. The summed E-state index contributed by atoms with van der Waals surface area (Å²) >= 11 is 0. The van der Waals surface area contributed by atoms with Crippen LogP contribution in [0.1, 0.15) is 12.6 Å². The van der Waals surface area contributed by atoms with Crippen molar-refractivity contribution in [3.8, 4) is 0 Å². The average molecular weight is 213 g/mol. The number of hydrogen-bond acceptors (Lipinski definition) is 1. The molecule has 3 nitrogen and oxygen atoms in total. The third kappa shape index (κ3) is 2.89. The summed E-state index contributed by atoms with van der Waals surface area (Å²) in [6, 6.07) is 8.10. The predicted octanol–water partition coefficient (Wildman–Crippen LogP) is -0.768. The molecule has 2 aromatic rings. The molecular formula is C10H12KN3. The normalized spacial score (nSPS) is 10.1. The molecule has 0 aliphatic heterocycles. The van der Waals surface area contributed by atoms with Gasteiger partial charge in [-0.05, 0) is 18.2 Å². The number of fused-ring (bicyclic) bond motifs is 1. The van der Waals surface area contributed by atoms with Crippen LogP contribution in [0.2, 0.25) is 0 Å². The summed E-state index contributed by atoms with van der Waals surface area (Å²) < 4.78 is 1.88. The second-order valence-corrected chi connectivity index (χ2v) is 2.90. The molecule has 68 valence electrons. The van der Waals surface area contributed by atoms with E-state index >= 15 is 0 Å². The first-order valence-corrected chi connectivity index (χ1v) is 4.46. The van der Waals surface area contributed by atoms with E-state index in [4.69, 9.17) is 0 Å². The van der Waals surface area contributed by atoms with Gasteiger partial charge in [0.2, 0.25) is 0 Å². The van der Waals surface area contributed by atoms with Crippen LogP contribution in [-0.4, -0.2) is 16.2 Å². The van der Waals surface area contributed by atoms with E-state index in [9.17, 15) is 0 Å². The Bertz CT molecular complexity index is 364. The van der Waals surface area contributed by atoms with E-state index in [1.54, 1.807) is 0 Å². The molecule has 0 radical (unpaired) electrons. The van der Waals surface area contributed by atoms with Gasteiger partial charge in [-0.25, -0.2) is 4.52 Å². The van der Waals surface area contributed by atoms with Gasteiger partial charge in [-0.3, -0.25) is 0 Å². The molecule has 14 heavy (non-hydrogen) atoms. The van der Waals surface area contributed by atoms with Crippen molar-refractivity contribution >= 4 is 5.52 Å². The van der Waals surface area contributed by atoms with Gasteiger partial charge in [0.25, 0.3) is 0 Å². The van der Waals surface area contributed by atoms with Crippen LogP contribution in [0.3, 0.4) is 0 Å². The van der Waals surface area contributed by atoms with Crippen molar-refractivity contribution < 1.29 is 51.4 Å². The Morgan fingerprint density at radius 2 is 2.29 bits per heavy atom. The fraction of sp³-hybridized carbons (Fsp3) is 0.300. The second-order valence-electron chi connectivity index (χ2n) is 2.90. The zero-order valence-corrected chi connectivity index (χ0v) is 11.8. The quantitative estimate of drug-likeness (QED) is 0.616. The molecule has 0 unspecified atom stereocenters. The molecule has 2 rings (SSSR count). The number of aromatic nitrogens is 2. The molecule has 0 saturated heterocycles. The van der Waals surface area contributed by atoms with E-state index in [1.807, 2.05) is 35.8 Å². The predicted molar refractivity (Wildman–Crippen MR) is 52.8 cm³/mol. The van der Waals surface area contributed by atoms with E-state index in [1.165, 1.54) is 0 Å². The molecule has 0 saturated carbocycles. The molecule has 0 N–H and O–H groups in total. The van der Waals surface area contributed by atoms with Crippen molar-refractivity contribution in [1.29, 1.82) is 0 Å². The van der Waals surface area contributed by atoms with Gasteiger partial charge >= 0.3 is 51.4 Å². The number of rotatable bonds is 3. The van der Waals surface area contributed by atoms with Gasteiger partial charge in [-0.1, -0.05) is 13.0 Å². The summed E-state index contributed by atoms with van der Waals surface area (Å²) in [4.78, 5) is 0. The van der Waals surface area contributed by atoms with Crippen molar-refractivity contribution in [3.05, 3.63) is 41.5 Å². The van der Waals surface area contributed by atoms with Gasteiger partial charge in [-0.2, -0.15) is 11.6 Å². The number of pyridine rings is 1. The van der Waals surface area contributed by atoms with Crippen LogP contribution < -0.4 is 51.4 Å². The minimum Gasteiger partial charge on any atom is -0.657 e. The molecule has 4 heteroatoms. The van der Waals surface area contributed by atoms with Crippen molar-refractivity contribution in [2.24, 2.45) is 0 Å². The summed E-state index contributed by atoms with van der Waals surface area (Å²) in [7, 11) is 0. The van der Waals surface area contributed by atoms with Crippen LogP contribution >= 0.6 is 0 Å². The van der Waals surface area contributed by atoms with Crippen LogP contribution in [0.4, 0.5) is 0 Å². The topological polar surface area (TPSA) is 31.4 Å². The second kappa shape index (κ2) is 6.00. The summed E-state index contributed by atoms with van der Waals surface area (Å²) in [6.07, 6.45) is 1.95. The Hall–Kier alpha value is 0.286. The maximum atomic E-state index is 4.37. The number of nitrogens with zero attached hydrogens (tertiary/aromatic N) is 3. The number of hydrogen-bond donors (Lipinski definition) is 0. The van der Waals surface area contributed by atoms with Gasteiger partial charge in [0, 0.05) is 11.9 Å². The fourth-order valence-corrected chi connectivity index (χ4v) is 1.29. The van der Waals surface area contributed by atoms with Crippen molar-refractivity contribution in [2.45, 2.75) is 13.5 Å². The summed E-state index contributed by atoms with van der Waals surface area (Å²) in [5.74, 6) is 0. The molecule has 2 heterocycles. The smallest absolute Gasteiger partial charge is 0.657 e. The van der Waals surface area contributed by atoms with Crippen LogP contribution in [0.5, 0.6) is 0 Å². The van der Waals surface area contributed by atoms with Gasteiger partial charge in [0.05, 0.1) is 5.52 Å². The Balaban J connectivity index is 0.000000980. The first kappa shape index (κ1) is 12.4. The zero-order valence-electron chi connectivity index (χ0n) is 8.64. The van der Waals surface area contributed by atoms with Crippen LogP contribution in [-0.2, 0) is 6.54 Å². The third-order valence-electron chi connectivity index (χ3n) is 1.92. The molecule has 0 atom stereocenters. The van der Waals surface area contributed by atoms with E-state index in [0.717, 1.165) is 24.3 Å².